The zero-order valence-electron chi connectivity index (χ0n) is 19.3. The first-order valence-electron chi connectivity index (χ1n) is 12.2. The molecular weight excluding hydrogens is 356 g/mol. The van der Waals surface area contributed by atoms with Gasteiger partial charge < -0.3 is 10.2 Å². The van der Waals surface area contributed by atoms with E-state index in [9.17, 15) is 10.2 Å². The number of hydrogen-bond acceptors (Lipinski definition) is 2. The van der Waals surface area contributed by atoms with Gasteiger partial charge in [0.2, 0.25) is 0 Å². The SMILES string of the molecule is C=C1C(=CC=C2CCC[C@]3(C)[C@@H]([C@H](C)CCCC(C)C)CC[C@@H]23)CC(O)CC1O. The summed E-state index contributed by atoms with van der Waals surface area (Å²) in [6.07, 6.45) is 15.2. The molecule has 0 spiro atoms. The molecule has 3 aliphatic carbocycles. The van der Waals surface area contributed by atoms with Gasteiger partial charge in [-0.05, 0) is 78.8 Å². The molecular formula is C27H44O2. The van der Waals surface area contributed by atoms with Crippen LogP contribution in [0.15, 0.2) is 35.5 Å². The van der Waals surface area contributed by atoms with Gasteiger partial charge in [0.05, 0.1) is 12.2 Å². The van der Waals surface area contributed by atoms with E-state index in [1.54, 1.807) is 5.57 Å². The van der Waals surface area contributed by atoms with E-state index in [0.29, 0.717) is 24.2 Å². The van der Waals surface area contributed by atoms with Crippen LogP contribution in [0.4, 0.5) is 0 Å². The second-order valence-electron chi connectivity index (χ2n) is 11.0. The molecule has 0 saturated heterocycles. The molecule has 0 aromatic heterocycles. The molecule has 2 N–H and O–H groups in total. The fourth-order valence-electron chi connectivity index (χ4n) is 6.73. The van der Waals surface area contributed by atoms with Gasteiger partial charge in [-0.1, -0.05) is 71.3 Å². The van der Waals surface area contributed by atoms with Gasteiger partial charge in [-0.2, -0.15) is 0 Å². The minimum absolute atomic E-state index is 0.420. The lowest BCUT2D eigenvalue weighted by atomic mass is 9.60. The van der Waals surface area contributed by atoms with Crippen LogP contribution >= 0.6 is 0 Å². The lowest BCUT2D eigenvalue weighted by molar-refractivity contribution is 0.0861. The molecule has 3 aliphatic rings. The van der Waals surface area contributed by atoms with Crippen LogP contribution in [0.3, 0.4) is 0 Å². The molecule has 0 aromatic rings. The Bertz CT molecular complexity index is 643. The second kappa shape index (κ2) is 9.52. The van der Waals surface area contributed by atoms with Crippen molar-refractivity contribution in [1.82, 2.24) is 0 Å². The normalized spacial score (nSPS) is 39.3. The minimum Gasteiger partial charge on any atom is -0.393 e. The van der Waals surface area contributed by atoms with Crippen LogP contribution in [0, 0.1) is 29.1 Å². The number of allylic oxidation sites excluding steroid dienone is 3. The van der Waals surface area contributed by atoms with Crippen molar-refractivity contribution in [3.8, 4) is 0 Å². The third-order valence-electron chi connectivity index (χ3n) is 8.43. The molecule has 29 heavy (non-hydrogen) atoms. The van der Waals surface area contributed by atoms with E-state index in [2.05, 4.69) is 46.4 Å². The Morgan fingerprint density at radius 2 is 1.90 bits per heavy atom. The van der Waals surface area contributed by atoms with E-state index in [1.807, 2.05) is 0 Å². The van der Waals surface area contributed by atoms with E-state index in [-0.39, 0.29) is 0 Å². The fourth-order valence-corrected chi connectivity index (χ4v) is 6.73. The predicted octanol–water partition coefficient (Wildman–Crippen LogP) is 6.59. The third-order valence-corrected chi connectivity index (χ3v) is 8.43. The standard InChI is InChI=1S/C27H44O2/c1-18(2)8-6-9-19(3)24-13-14-25-21(10-7-15-27(24,25)5)11-12-22-16-23(28)17-26(29)20(22)4/h11-12,18-19,23-26,28-29H,4,6-10,13-17H2,1-3,5H3/t19-,23?,24-,25+,26?,27-/m1/s1. The Balaban J connectivity index is 1.71. The predicted molar refractivity (Wildman–Crippen MR) is 123 cm³/mol. The minimum atomic E-state index is -0.595. The molecule has 3 rings (SSSR count). The fraction of sp³-hybridized carbons (Fsp3) is 0.778. The summed E-state index contributed by atoms with van der Waals surface area (Å²) in [6.45, 7) is 13.8. The zero-order valence-corrected chi connectivity index (χ0v) is 19.3. The van der Waals surface area contributed by atoms with Crippen LogP contribution in [-0.4, -0.2) is 22.4 Å². The van der Waals surface area contributed by atoms with Gasteiger partial charge in [-0.15, -0.1) is 0 Å². The van der Waals surface area contributed by atoms with Gasteiger partial charge in [-0.25, -0.2) is 0 Å². The van der Waals surface area contributed by atoms with Crippen LogP contribution in [0.1, 0.15) is 91.9 Å². The van der Waals surface area contributed by atoms with E-state index in [0.717, 1.165) is 28.9 Å². The van der Waals surface area contributed by atoms with Gasteiger partial charge in [0.15, 0.2) is 0 Å². The average molecular weight is 401 g/mol. The van der Waals surface area contributed by atoms with Gasteiger partial charge in [0.25, 0.3) is 0 Å². The Morgan fingerprint density at radius 3 is 2.62 bits per heavy atom. The summed E-state index contributed by atoms with van der Waals surface area (Å²) >= 11 is 0. The van der Waals surface area contributed by atoms with Gasteiger partial charge in [0.1, 0.15) is 0 Å². The molecule has 2 heteroatoms. The molecule has 2 nitrogen and oxygen atoms in total. The molecule has 2 unspecified atom stereocenters. The summed E-state index contributed by atoms with van der Waals surface area (Å²) in [5.41, 5.74) is 3.88. The van der Waals surface area contributed by atoms with Crippen LogP contribution in [0.25, 0.3) is 0 Å². The third kappa shape index (κ3) is 5.07. The van der Waals surface area contributed by atoms with Gasteiger partial charge in [0, 0.05) is 6.42 Å². The van der Waals surface area contributed by atoms with Crippen LogP contribution in [0.2, 0.25) is 0 Å². The Kier molecular flexibility index (Phi) is 7.49. The van der Waals surface area contributed by atoms with Crippen molar-refractivity contribution in [1.29, 1.82) is 0 Å². The van der Waals surface area contributed by atoms with Crippen molar-refractivity contribution >= 4 is 0 Å². The first-order chi connectivity index (χ1) is 13.7. The zero-order chi connectivity index (χ0) is 21.2. The smallest absolute Gasteiger partial charge is 0.0811 e. The van der Waals surface area contributed by atoms with Crippen molar-refractivity contribution in [2.45, 2.75) is 104 Å². The monoisotopic (exact) mass is 400 g/mol. The van der Waals surface area contributed by atoms with E-state index in [1.165, 1.54) is 51.4 Å². The van der Waals surface area contributed by atoms with E-state index >= 15 is 0 Å². The van der Waals surface area contributed by atoms with Gasteiger partial charge in [-0.3, -0.25) is 0 Å². The summed E-state index contributed by atoms with van der Waals surface area (Å²) in [4.78, 5) is 0. The summed E-state index contributed by atoms with van der Waals surface area (Å²) in [6, 6.07) is 0. The molecule has 0 aliphatic heterocycles. The molecule has 3 fully saturated rings. The summed E-state index contributed by atoms with van der Waals surface area (Å²) in [7, 11) is 0. The molecule has 0 amide bonds. The number of hydrogen-bond donors (Lipinski definition) is 2. The van der Waals surface area contributed by atoms with Crippen LogP contribution in [-0.2, 0) is 0 Å². The maximum Gasteiger partial charge on any atom is 0.0811 e. The molecule has 0 aromatic carbocycles. The van der Waals surface area contributed by atoms with Crippen molar-refractivity contribution in [2.24, 2.45) is 29.1 Å². The molecule has 164 valence electrons. The first-order valence-corrected chi connectivity index (χ1v) is 12.2. The van der Waals surface area contributed by atoms with Crippen molar-refractivity contribution in [3.63, 3.8) is 0 Å². The second-order valence-corrected chi connectivity index (χ2v) is 11.0. The molecule has 0 bridgehead atoms. The number of rotatable bonds is 6. The van der Waals surface area contributed by atoms with Crippen molar-refractivity contribution in [2.75, 3.05) is 0 Å². The lowest BCUT2D eigenvalue weighted by Crippen LogP contribution is -2.36. The van der Waals surface area contributed by atoms with E-state index in [4.69, 9.17) is 0 Å². The number of fused-ring (bicyclic) bond motifs is 1. The maximum absolute atomic E-state index is 10.1. The Labute approximate surface area is 179 Å². The molecule has 3 saturated carbocycles. The highest BCUT2D eigenvalue weighted by Crippen LogP contribution is 2.59. The Hall–Kier alpha value is -0.860. The van der Waals surface area contributed by atoms with Crippen LogP contribution < -0.4 is 0 Å². The highest BCUT2D eigenvalue weighted by atomic mass is 16.3. The Morgan fingerprint density at radius 1 is 1.14 bits per heavy atom. The molecule has 6 atom stereocenters. The van der Waals surface area contributed by atoms with Gasteiger partial charge >= 0.3 is 0 Å². The highest BCUT2D eigenvalue weighted by molar-refractivity contribution is 5.38. The summed E-state index contributed by atoms with van der Waals surface area (Å²) in [5, 5.41) is 20.2. The summed E-state index contributed by atoms with van der Waals surface area (Å²) < 4.78 is 0. The number of aliphatic hydroxyl groups excluding tert-OH is 2. The van der Waals surface area contributed by atoms with Crippen molar-refractivity contribution < 1.29 is 10.2 Å². The van der Waals surface area contributed by atoms with E-state index < -0.39 is 12.2 Å². The first kappa shape index (κ1) is 22.8. The summed E-state index contributed by atoms with van der Waals surface area (Å²) in [5.74, 6) is 3.20. The number of aliphatic hydroxyl groups is 2. The highest BCUT2D eigenvalue weighted by Gasteiger charge is 2.50. The average Bonchev–Trinajstić information content (AvgIpc) is 3.00. The quantitative estimate of drug-likeness (QED) is 0.528. The maximum atomic E-state index is 10.1. The lowest BCUT2D eigenvalue weighted by Gasteiger charge is -2.44. The van der Waals surface area contributed by atoms with Crippen LogP contribution in [0.5, 0.6) is 0 Å². The van der Waals surface area contributed by atoms with Crippen molar-refractivity contribution in [3.05, 3.63) is 35.5 Å². The molecule has 0 radical (unpaired) electrons. The topological polar surface area (TPSA) is 40.5 Å². The largest absolute Gasteiger partial charge is 0.393 e. The molecule has 0 heterocycles.